The van der Waals surface area contributed by atoms with Gasteiger partial charge in [0.05, 0.1) is 22.3 Å². The van der Waals surface area contributed by atoms with E-state index in [2.05, 4.69) is 5.32 Å². The van der Waals surface area contributed by atoms with Crippen LogP contribution in [0.5, 0.6) is 0 Å². The predicted molar refractivity (Wildman–Crippen MR) is 96.3 cm³/mol. The number of hydrogen-bond donors (Lipinski definition) is 1. The third kappa shape index (κ3) is 3.86. The van der Waals surface area contributed by atoms with Gasteiger partial charge in [-0.05, 0) is 49.1 Å². The lowest BCUT2D eigenvalue weighted by atomic mass is 9.86. The predicted octanol–water partition coefficient (Wildman–Crippen LogP) is 4.22. The maximum absolute atomic E-state index is 12.4. The number of likely N-dealkylation sites (N-methyl/N-ethyl adjacent to an activating group) is 1. The molecule has 0 aromatic heterocycles. The van der Waals surface area contributed by atoms with Gasteiger partial charge < -0.3 is 10.2 Å². The van der Waals surface area contributed by atoms with Crippen LogP contribution < -0.4 is 5.32 Å². The van der Waals surface area contributed by atoms with Crippen molar-refractivity contribution < 1.29 is 9.59 Å². The number of carbonyl (C=O) groups is 2. The van der Waals surface area contributed by atoms with Crippen LogP contribution in [-0.2, 0) is 9.59 Å². The van der Waals surface area contributed by atoms with Gasteiger partial charge in [0.25, 0.3) is 0 Å². The Morgan fingerprint density at radius 1 is 1.21 bits per heavy atom. The second-order valence-corrected chi connectivity index (χ2v) is 7.85. The number of nitrogens with zero attached hydrogens (tertiary/aromatic N) is 1. The summed E-state index contributed by atoms with van der Waals surface area (Å²) in [5, 5.41) is 3.45. The summed E-state index contributed by atoms with van der Waals surface area (Å²) in [4.78, 5) is 26.1. The van der Waals surface area contributed by atoms with E-state index in [0.29, 0.717) is 34.0 Å². The second kappa shape index (κ2) is 7.32. The van der Waals surface area contributed by atoms with E-state index in [0.717, 1.165) is 5.92 Å². The monoisotopic (exact) mass is 368 g/mol. The topological polar surface area (TPSA) is 49.4 Å². The zero-order valence-electron chi connectivity index (χ0n) is 13.7. The fourth-order valence-corrected chi connectivity index (χ4v) is 4.60. The van der Waals surface area contributed by atoms with Crippen molar-refractivity contribution in [3.63, 3.8) is 0 Å². The Hall–Kier alpha value is -1.26. The summed E-state index contributed by atoms with van der Waals surface area (Å²) >= 11 is 12.1. The molecule has 2 fully saturated rings. The van der Waals surface area contributed by atoms with E-state index < -0.39 is 0 Å². The molecule has 0 radical (unpaired) electrons. The molecule has 2 aliphatic carbocycles. The minimum Gasteiger partial charge on any atom is -0.336 e. The Labute approximate surface area is 152 Å². The third-order valence-corrected chi connectivity index (χ3v) is 5.99. The average molecular weight is 369 g/mol. The van der Waals surface area contributed by atoms with Crippen molar-refractivity contribution in [1.82, 2.24) is 4.90 Å². The number of carbonyl (C=O) groups excluding carboxylic acids is 2. The maximum atomic E-state index is 12.4. The molecular weight excluding hydrogens is 347 g/mol. The zero-order valence-corrected chi connectivity index (χ0v) is 15.2. The summed E-state index contributed by atoms with van der Waals surface area (Å²) in [6.45, 7) is 0.00119. The van der Waals surface area contributed by atoms with Gasteiger partial charge in [0.15, 0.2) is 0 Å². The van der Waals surface area contributed by atoms with Gasteiger partial charge in [0.1, 0.15) is 0 Å². The van der Waals surface area contributed by atoms with Crippen LogP contribution in [0, 0.1) is 17.8 Å². The van der Waals surface area contributed by atoms with E-state index in [1.807, 2.05) is 0 Å². The summed E-state index contributed by atoms with van der Waals surface area (Å²) in [5.74, 6) is 1.77. The Kier molecular flexibility index (Phi) is 5.36. The molecule has 2 bridgehead atoms. The molecule has 3 atom stereocenters. The SMILES string of the molecule is CN(CC(=O)Nc1c(Cl)cccc1Cl)C(=O)C[C@@H]1C[C@@H]2CC[C@@H]1C2. The number of anilines is 1. The molecule has 1 N–H and O–H groups in total. The van der Waals surface area contributed by atoms with Gasteiger partial charge in [-0.15, -0.1) is 0 Å². The van der Waals surface area contributed by atoms with Crippen molar-refractivity contribution in [2.75, 3.05) is 18.9 Å². The van der Waals surface area contributed by atoms with Crippen LogP contribution in [0.2, 0.25) is 10.0 Å². The van der Waals surface area contributed by atoms with Gasteiger partial charge in [-0.3, -0.25) is 9.59 Å². The average Bonchev–Trinajstić information content (AvgIpc) is 3.13. The summed E-state index contributed by atoms with van der Waals surface area (Å²) in [7, 11) is 1.67. The lowest BCUT2D eigenvalue weighted by molar-refractivity contribution is -0.134. The molecule has 0 unspecified atom stereocenters. The molecule has 24 heavy (non-hydrogen) atoms. The molecule has 0 aliphatic heterocycles. The Balaban J connectivity index is 1.51. The van der Waals surface area contributed by atoms with Gasteiger partial charge in [0.2, 0.25) is 11.8 Å². The highest BCUT2D eigenvalue weighted by atomic mass is 35.5. The molecule has 0 heterocycles. The Morgan fingerprint density at radius 2 is 1.92 bits per heavy atom. The van der Waals surface area contributed by atoms with Crippen molar-refractivity contribution in [3.8, 4) is 0 Å². The van der Waals surface area contributed by atoms with Gasteiger partial charge in [-0.1, -0.05) is 35.7 Å². The van der Waals surface area contributed by atoms with Crippen LogP contribution in [0.15, 0.2) is 18.2 Å². The summed E-state index contributed by atoms with van der Waals surface area (Å²) in [6, 6.07) is 5.03. The number of para-hydroxylation sites is 1. The Morgan fingerprint density at radius 3 is 2.50 bits per heavy atom. The first-order valence-electron chi connectivity index (χ1n) is 8.42. The van der Waals surface area contributed by atoms with E-state index in [1.165, 1.54) is 30.6 Å². The van der Waals surface area contributed by atoms with Crippen LogP contribution in [0.1, 0.15) is 32.1 Å². The molecule has 130 valence electrons. The molecule has 2 saturated carbocycles. The van der Waals surface area contributed by atoms with Crippen LogP contribution in [-0.4, -0.2) is 30.3 Å². The molecule has 0 saturated heterocycles. The molecule has 4 nitrogen and oxygen atoms in total. The fourth-order valence-electron chi connectivity index (χ4n) is 4.11. The second-order valence-electron chi connectivity index (χ2n) is 7.03. The molecule has 2 amide bonds. The number of benzene rings is 1. The molecule has 1 aromatic carbocycles. The van der Waals surface area contributed by atoms with E-state index in [1.54, 1.807) is 25.2 Å². The first kappa shape index (κ1) is 17.6. The highest BCUT2D eigenvalue weighted by molar-refractivity contribution is 6.39. The lowest BCUT2D eigenvalue weighted by Crippen LogP contribution is -2.36. The van der Waals surface area contributed by atoms with Crippen molar-refractivity contribution in [1.29, 1.82) is 0 Å². The quantitative estimate of drug-likeness (QED) is 0.845. The van der Waals surface area contributed by atoms with Gasteiger partial charge >= 0.3 is 0 Å². The van der Waals surface area contributed by atoms with Gasteiger partial charge in [-0.25, -0.2) is 0 Å². The number of rotatable bonds is 5. The van der Waals surface area contributed by atoms with Crippen molar-refractivity contribution in [3.05, 3.63) is 28.2 Å². The molecule has 2 aliphatic rings. The molecule has 1 aromatic rings. The van der Waals surface area contributed by atoms with E-state index in [4.69, 9.17) is 23.2 Å². The number of fused-ring (bicyclic) bond motifs is 2. The summed E-state index contributed by atoms with van der Waals surface area (Å²) < 4.78 is 0. The zero-order chi connectivity index (χ0) is 17.3. The largest absolute Gasteiger partial charge is 0.336 e. The number of amides is 2. The van der Waals surface area contributed by atoms with Crippen LogP contribution in [0.3, 0.4) is 0 Å². The fraction of sp³-hybridized carbons (Fsp3) is 0.556. The van der Waals surface area contributed by atoms with Crippen molar-refractivity contribution >= 4 is 40.7 Å². The summed E-state index contributed by atoms with van der Waals surface area (Å²) in [6.07, 6.45) is 5.60. The first-order chi connectivity index (χ1) is 11.4. The van der Waals surface area contributed by atoms with Crippen LogP contribution in [0.25, 0.3) is 0 Å². The molecule has 0 spiro atoms. The van der Waals surface area contributed by atoms with Gasteiger partial charge in [0, 0.05) is 13.5 Å². The highest BCUT2D eigenvalue weighted by Crippen LogP contribution is 2.49. The first-order valence-corrected chi connectivity index (χ1v) is 9.17. The smallest absolute Gasteiger partial charge is 0.244 e. The van der Waals surface area contributed by atoms with E-state index in [9.17, 15) is 9.59 Å². The van der Waals surface area contributed by atoms with Crippen LogP contribution in [0.4, 0.5) is 5.69 Å². The lowest BCUT2D eigenvalue weighted by Gasteiger charge is -2.24. The minimum absolute atomic E-state index is 0.00119. The molecular formula is C18H22Cl2N2O2. The van der Waals surface area contributed by atoms with E-state index >= 15 is 0 Å². The number of hydrogen-bond acceptors (Lipinski definition) is 2. The Bertz CT molecular complexity index is 630. The number of halogens is 2. The standard InChI is InChI=1S/C18H22Cl2N2O2/c1-22(17(24)9-13-8-11-5-6-12(13)7-11)10-16(23)21-18-14(19)3-2-4-15(18)20/h2-4,11-13H,5-10H2,1H3,(H,21,23)/t11-,12-,13+/m1/s1. The summed E-state index contributed by atoms with van der Waals surface area (Å²) in [5.41, 5.74) is 0.389. The van der Waals surface area contributed by atoms with Crippen molar-refractivity contribution in [2.24, 2.45) is 17.8 Å². The van der Waals surface area contributed by atoms with E-state index in [-0.39, 0.29) is 18.4 Å². The van der Waals surface area contributed by atoms with Crippen molar-refractivity contribution in [2.45, 2.75) is 32.1 Å². The third-order valence-electron chi connectivity index (χ3n) is 5.36. The normalized spacial score (nSPS) is 24.9. The highest BCUT2D eigenvalue weighted by Gasteiger charge is 2.40. The minimum atomic E-state index is -0.297. The molecule has 6 heteroatoms. The maximum Gasteiger partial charge on any atom is 0.244 e. The van der Waals surface area contributed by atoms with Crippen LogP contribution >= 0.6 is 23.2 Å². The number of nitrogens with one attached hydrogen (secondary N) is 1. The van der Waals surface area contributed by atoms with Gasteiger partial charge in [-0.2, -0.15) is 0 Å². The molecule has 3 rings (SSSR count).